The summed E-state index contributed by atoms with van der Waals surface area (Å²) in [5.41, 5.74) is 0.940. The van der Waals surface area contributed by atoms with Gasteiger partial charge in [-0.2, -0.15) is 0 Å². The number of ether oxygens (including phenoxy) is 3. The van der Waals surface area contributed by atoms with E-state index in [9.17, 15) is 19.2 Å². The second kappa shape index (κ2) is 11.1. The van der Waals surface area contributed by atoms with E-state index in [-0.39, 0.29) is 23.6 Å². The number of rotatable bonds is 8. The van der Waals surface area contributed by atoms with Crippen LogP contribution in [0.25, 0.3) is 6.08 Å². The molecule has 10 heteroatoms. The van der Waals surface area contributed by atoms with Gasteiger partial charge < -0.3 is 19.5 Å². The van der Waals surface area contributed by atoms with Crippen LogP contribution >= 0.6 is 0 Å². The molecule has 37 heavy (non-hydrogen) atoms. The molecule has 5 amide bonds. The summed E-state index contributed by atoms with van der Waals surface area (Å²) >= 11 is 0. The number of imide groups is 2. The van der Waals surface area contributed by atoms with Crippen LogP contribution in [0.5, 0.6) is 17.2 Å². The number of hydrogen-bond donors (Lipinski definition) is 2. The van der Waals surface area contributed by atoms with E-state index in [1.807, 2.05) is 0 Å². The summed E-state index contributed by atoms with van der Waals surface area (Å²) < 4.78 is 15.9. The zero-order chi connectivity index (χ0) is 26.4. The standard InChI is InChI=1S/C27H23N3O7/c1-35-20-11-7-18(8-12-20)28-24(31)16-37-23-6-4-3-5-17(23)15-22-25(32)29-27(34)30(26(22)33)19-9-13-21(36-2)14-10-19/h3-15H,16H2,1-2H3,(H,28,31)(H,29,32,34)/b22-15+. The molecule has 0 aliphatic carbocycles. The van der Waals surface area contributed by atoms with Crippen LogP contribution in [0.15, 0.2) is 78.4 Å². The Balaban J connectivity index is 1.51. The summed E-state index contributed by atoms with van der Waals surface area (Å²) in [5, 5.41) is 4.89. The van der Waals surface area contributed by atoms with Gasteiger partial charge in [0, 0.05) is 11.3 Å². The van der Waals surface area contributed by atoms with Crippen LogP contribution in [-0.4, -0.2) is 44.6 Å². The van der Waals surface area contributed by atoms with Gasteiger partial charge in [-0.15, -0.1) is 0 Å². The molecule has 188 valence electrons. The van der Waals surface area contributed by atoms with Crippen LogP contribution in [0.3, 0.4) is 0 Å². The number of methoxy groups -OCH3 is 2. The second-order valence-electron chi connectivity index (χ2n) is 7.76. The Hall–Kier alpha value is -5.12. The quantitative estimate of drug-likeness (QED) is 0.358. The topological polar surface area (TPSA) is 123 Å². The number of anilines is 2. The third-order valence-electron chi connectivity index (χ3n) is 5.38. The predicted molar refractivity (Wildman–Crippen MR) is 136 cm³/mol. The Morgan fingerprint density at radius 1 is 0.892 bits per heavy atom. The van der Waals surface area contributed by atoms with Gasteiger partial charge in [-0.05, 0) is 60.7 Å². The maximum absolute atomic E-state index is 13.2. The molecule has 0 atom stereocenters. The lowest BCUT2D eigenvalue weighted by Crippen LogP contribution is -2.54. The first-order valence-electron chi connectivity index (χ1n) is 11.1. The van der Waals surface area contributed by atoms with Gasteiger partial charge in [-0.3, -0.25) is 19.7 Å². The number of urea groups is 1. The van der Waals surface area contributed by atoms with Gasteiger partial charge in [-0.25, -0.2) is 9.69 Å². The molecule has 10 nitrogen and oxygen atoms in total. The van der Waals surface area contributed by atoms with Crippen molar-refractivity contribution in [3.8, 4) is 17.2 Å². The molecule has 1 saturated heterocycles. The molecule has 1 heterocycles. The Morgan fingerprint density at radius 3 is 2.16 bits per heavy atom. The minimum atomic E-state index is -0.864. The molecule has 0 unspecified atom stereocenters. The first-order chi connectivity index (χ1) is 17.9. The van der Waals surface area contributed by atoms with Crippen molar-refractivity contribution in [1.29, 1.82) is 0 Å². The van der Waals surface area contributed by atoms with Gasteiger partial charge in [0.05, 0.1) is 19.9 Å². The smallest absolute Gasteiger partial charge is 0.335 e. The second-order valence-corrected chi connectivity index (χ2v) is 7.76. The number of hydrogen-bond acceptors (Lipinski definition) is 7. The van der Waals surface area contributed by atoms with Gasteiger partial charge in [0.1, 0.15) is 22.8 Å². The number of benzene rings is 3. The summed E-state index contributed by atoms with van der Waals surface area (Å²) in [7, 11) is 3.04. The monoisotopic (exact) mass is 501 g/mol. The number of carbonyl (C=O) groups is 4. The number of carbonyl (C=O) groups excluding carboxylic acids is 4. The SMILES string of the molecule is COc1ccc(NC(=O)COc2ccccc2/C=C2\C(=O)NC(=O)N(c3ccc(OC)cc3)C2=O)cc1. The lowest BCUT2D eigenvalue weighted by atomic mass is 10.1. The summed E-state index contributed by atoms with van der Waals surface area (Å²) in [6, 6.07) is 18.8. The highest BCUT2D eigenvalue weighted by Crippen LogP contribution is 2.26. The molecule has 3 aromatic rings. The first-order valence-corrected chi connectivity index (χ1v) is 11.1. The van der Waals surface area contributed by atoms with Crippen molar-refractivity contribution in [3.05, 3.63) is 83.9 Å². The van der Waals surface area contributed by atoms with Gasteiger partial charge in [0.15, 0.2) is 6.61 Å². The van der Waals surface area contributed by atoms with E-state index < -0.39 is 23.8 Å². The van der Waals surface area contributed by atoms with Crippen LogP contribution in [-0.2, 0) is 14.4 Å². The fourth-order valence-electron chi connectivity index (χ4n) is 3.52. The molecule has 2 N–H and O–H groups in total. The molecule has 1 aliphatic heterocycles. The largest absolute Gasteiger partial charge is 0.497 e. The lowest BCUT2D eigenvalue weighted by molar-refractivity contribution is -0.122. The maximum Gasteiger partial charge on any atom is 0.335 e. The van der Waals surface area contributed by atoms with Crippen LogP contribution in [0.1, 0.15) is 5.56 Å². The summed E-state index contributed by atoms with van der Waals surface area (Å²) in [4.78, 5) is 51.4. The molecule has 0 radical (unpaired) electrons. The minimum Gasteiger partial charge on any atom is -0.497 e. The normalized spacial score (nSPS) is 14.3. The Kier molecular flexibility index (Phi) is 7.48. The van der Waals surface area contributed by atoms with Crippen molar-refractivity contribution < 1.29 is 33.4 Å². The molecule has 0 saturated carbocycles. The van der Waals surface area contributed by atoms with Crippen molar-refractivity contribution >= 4 is 41.2 Å². The molecule has 1 aliphatic rings. The van der Waals surface area contributed by atoms with E-state index in [0.29, 0.717) is 22.7 Å². The fraction of sp³-hybridized carbons (Fsp3) is 0.111. The molecule has 0 aromatic heterocycles. The molecule has 4 rings (SSSR count). The number of amides is 5. The lowest BCUT2D eigenvalue weighted by Gasteiger charge is -2.26. The van der Waals surface area contributed by atoms with E-state index in [1.165, 1.54) is 25.3 Å². The van der Waals surface area contributed by atoms with Crippen LogP contribution in [0, 0.1) is 0 Å². The maximum atomic E-state index is 13.2. The average Bonchev–Trinajstić information content (AvgIpc) is 2.91. The van der Waals surface area contributed by atoms with E-state index in [2.05, 4.69) is 10.6 Å². The van der Waals surface area contributed by atoms with E-state index in [0.717, 1.165) is 4.90 Å². The molecule has 1 fully saturated rings. The summed E-state index contributed by atoms with van der Waals surface area (Å²) in [6.07, 6.45) is 1.32. The highest BCUT2D eigenvalue weighted by Gasteiger charge is 2.37. The molecule has 3 aromatic carbocycles. The number of para-hydroxylation sites is 1. The first kappa shape index (κ1) is 25.0. The molecular formula is C27H23N3O7. The molecular weight excluding hydrogens is 478 g/mol. The van der Waals surface area contributed by atoms with Crippen LogP contribution in [0.4, 0.5) is 16.2 Å². The third kappa shape index (κ3) is 5.76. The van der Waals surface area contributed by atoms with Crippen molar-refractivity contribution in [3.63, 3.8) is 0 Å². The highest BCUT2D eigenvalue weighted by molar-refractivity contribution is 6.39. The van der Waals surface area contributed by atoms with Gasteiger partial charge in [0.25, 0.3) is 17.7 Å². The number of nitrogens with one attached hydrogen (secondary N) is 2. The zero-order valence-electron chi connectivity index (χ0n) is 20.0. The zero-order valence-corrected chi connectivity index (χ0v) is 20.0. The van der Waals surface area contributed by atoms with Crippen LogP contribution < -0.4 is 29.7 Å². The van der Waals surface area contributed by atoms with Crippen LogP contribution in [0.2, 0.25) is 0 Å². The van der Waals surface area contributed by atoms with Gasteiger partial charge in [0.2, 0.25) is 0 Å². The van der Waals surface area contributed by atoms with Crippen molar-refractivity contribution in [2.75, 3.05) is 31.0 Å². The Labute approximate surface area is 212 Å². The Bertz CT molecular complexity index is 1370. The molecule has 0 spiro atoms. The number of nitrogens with zero attached hydrogens (tertiary/aromatic N) is 1. The van der Waals surface area contributed by atoms with Gasteiger partial charge in [-0.1, -0.05) is 18.2 Å². The van der Waals surface area contributed by atoms with E-state index in [1.54, 1.807) is 67.8 Å². The summed E-state index contributed by atoms with van der Waals surface area (Å²) in [5.74, 6) is -0.575. The summed E-state index contributed by atoms with van der Waals surface area (Å²) in [6.45, 7) is -0.317. The van der Waals surface area contributed by atoms with Gasteiger partial charge >= 0.3 is 6.03 Å². The Morgan fingerprint density at radius 2 is 1.51 bits per heavy atom. The van der Waals surface area contributed by atoms with E-state index >= 15 is 0 Å². The molecule has 0 bridgehead atoms. The van der Waals surface area contributed by atoms with Crippen molar-refractivity contribution in [2.24, 2.45) is 0 Å². The minimum absolute atomic E-state index is 0.265. The van der Waals surface area contributed by atoms with E-state index in [4.69, 9.17) is 14.2 Å². The van der Waals surface area contributed by atoms with Crippen molar-refractivity contribution in [1.82, 2.24) is 5.32 Å². The van der Waals surface area contributed by atoms with Crippen molar-refractivity contribution in [2.45, 2.75) is 0 Å². The predicted octanol–water partition coefficient (Wildman–Crippen LogP) is 3.39. The number of barbiturate groups is 1. The average molecular weight is 501 g/mol. The highest BCUT2D eigenvalue weighted by atomic mass is 16.5. The third-order valence-corrected chi connectivity index (χ3v) is 5.38. The fourth-order valence-corrected chi connectivity index (χ4v) is 3.52.